The molecule has 4 aromatic rings. The molecule has 0 aliphatic carbocycles. The zero-order valence-corrected chi connectivity index (χ0v) is 12.0. The number of aromatic hydroxyl groups is 1. The number of rotatable bonds is 2. The molecule has 108 valence electrons. The van der Waals surface area contributed by atoms with Gasteiger partial charge >= 0.3 is 0 Å². The van der Waals surface area contributed by atoms with Gasteiger partial charge in [-0.25, -0.2) is 4.98 Å². The van der Waals surface area contributed by atoms with Crippen LogP contribution in [0.15, 0.2) is 54.6 Å². The van der Waals surface area contributed by atoms with E-state index in [9.17, 15) is 5.11 Å². The molecule has 22 heavy (non-hydrogen) atoms. The molecule has 2 N–H and O–H groups in total. The maximum absolute atomic E-state index is 9.57. The molecule has 4 nitrogen and oxygen atoms in total. The van der Waals surface area contributed by atoms with Gasteiger partial charge < -0.3 is 14.8 Å². The first-order valence-electron chi connectivity index (χ1n) is 7.00. The summed E-state index contributed by atoms with van der Waals surface area (Å²) in [6.07, 6.45) is 0. The summed E-state index contributed by atoms with van der Waals surface area (Å²) >= 11 is 0. The molecule has 0 aliphatic heterocycles. The zero-order chi connectivity index (χ0) is 15.1. The summed E-state index contributed by atoms with van der Waals surface area (Å²) in [7, 11) is 1.58. The molecule has 0 spiro atoms. The van der Waals surface area contributed by atoms with Crippen molar-refractivity contribution < 1.29 is 9.84 Å². The van der Waals surface area contributed by atoms with Crippen LogP contribution in [0.1, 0.15) is 0 Å². The highest BCUT2D eigenvalue weighted by Crippen LogP contribution is 2.33. The Hall–Kier alpha value is -3.01. The van der Waals surface area contributed by atoms with Crippen LogP contribution in [-0.4, -0.2) is 22.2 Å². The van der Waals surface area contributed by atoms with E-state index >= 15 is 0 Å². The van der Waals surface area contributed by atoms with Crippen molar-refractivity contribution in [3.05, 3.63) is 54.6 Å². The number of nitrogens with zero attached hydrogens (tertiary/aromatic N) is 1. The number of hydrogen-bond acceptors (Lipinski definition) is 3. The van der Waals surface area contributed by atoms with Crippen LogP contribution < -0.4 is 4.74 Å². The van der Waals surface area contributed by atoms with Crippen LogP contribution in [0, 0.1) is 0 Å². The number of aromatic amines is 1. The summed E-state index contributed by atoms with van der Waals surface area (Å²) in [5.74, 6) is 1.48. The summed E-state index contributed by atoms with van der Waals surface area (Å²) in [5, 5.41) is 11.9. The molecule has 3 aromatic carbocycles. The van der Waals surface area contributed by atoms with E-state index in [-0.39, 0.29) is 5.75 Å². The summed E-state index contributed by atoms with van der Waals surface area (Å²) in [6, 6.07) is 17.4. The number of aromatic nitrogens is 2. The largest absolute Gasteiger partial charge is 0.508 e. The quantitative estimate of drug-likeness (QED) is 0.584. The monoisotopic (exact) mass is 290 g/mol. The number of H-pyrrole nitrogens is 1. The summed E-state index contributed by atoms with van der Waals surface area (Å²) in [4.78, 5) is 7.98. The average Bonchev–Trinajstić information content (AvgIpc) is 2.94. The van der Waals surface area contributed by atoms with Crippen LogP contribution in [-0.2, 0) is 0 Å². The lowest BCUT2D eigenvalue weighted by molar-refractivity contribution is 0.409. The maximum atomic E-state index is 9.57. The summed E-state index contributed by atoms with van der Waals surface area (Å²) in [5.41, 5.74) is 2.70. The Kier molecular flexibility index (Phi) is 2.76. The number of imidazole rings is 1. The Morgan fingerprint density at radius 2 is 1.77 bits per heavy atom. The van der Waals surface area contributed by atoms with Crippen LogP contribution in [0.25, 0.3) is 33.2 Å². The van der Waals surface area contributed by atoms with E-state index in [0.29, 0.717) is 5.75 Å². The highest BCUT2D eigenvalue weighted by molar-refractivity contribution is 5.96. The molecule has 0 radical (unpaired) electrons. The molecular weight excluding hydrogens is 276 g/mol. The lowest BCUT2D eigenvalue weighted by atomic mass is 10.1. The van der Waals surface area contributed by atoms with Crippen LogP contribution in [0.2, 0.25) is 0 Å². The second kappa shape index (κ2) is 4.77. The van der Waals surface area contributed by atoms with Crippen LogP contribution in [0.3, 0.4) is 0 Å². The van der Waals surface area contributed by atoms with Crippen molar-refractivity contribution in [2.45, 2.75) is 0 Å². The number of benzene rings is 3. The molecule has 0 bridgehead atoms. The number of methoxy groups -OCH3 is 1. The minimum absolute atomic E-state index is 0.169. The minimum Gasteiger partial charge on any atom is -0.508 e. The molecule has 0 saturated heterocycles. The third-order valence-corrected chi connectivity index (χ3v) is 3.79. The van der Waals surface area contributed by atoms with Gasteiger partial charge in [0, 0.05) is 6.07 Å². The second-order valence-electron chi connectivity index (χ2n) is 5.19. The van der Waals surface area contributed by atoms with Crippen molar-refractivity contribution in [2.75, 3.05) is 7.11 Å². The maximum Gasteiger partial charge on any atom is 0.142 e. The first kappa shape index (κ1) is 12.7. The van der Waals surface area contributed by atoms with Crippen molar-refractivity contribution in [1.29, 1.82) is 0 Å². The van der Waals surface area contributed by atoms with Crippen molar-refractivity contribution >= 4 is 21.8 Å². The van der Waals surface area contributed by atoms with Crippen molar-refractivity contribution in [1.82, 2.24) is 9.97 Å². The molecule has 1 heterocycles. The molecule has 0 fully saturated rings. The van der Waals surface area contributed by atoms with Gasteiger partial charge in [-0.3, -0.25) is 0 Å². The normalized spacial score (nSPS) is 11.1. The predicted molar refractivity (Wildman–Crippen MR) is 87.3 cm³/mol. The van der Waals surface area contributed by atoms with Gasteiger partial charge in [0.1, 0.15) is 17.3 Å². The van der Waals surface area contributed by atoms with E-state index < -0.39 is 0 Å². The van der Waals surface area contributed by atoms with Gasteiger partial charge in [-0.15, -0.1) is 0 Å². The molecule has 0 saturated carbocycles. The van der Waals surface area contributed by atoms with E-state index in [0.717, 1.165) is 27.8 Å². The van der Waals surface area contributed by atoms with Gasteiger partial charge in [-0.1, -0.05) is 24.3 Å². The third-order valence-electron chi connectivity index (χ3n) is 3.79. The first-order chi connectivity index (χ1) is 10.7. The number of phenols is 1. The molecule has 1 aromatic heterocycles. The Morgan fingerprint density at radius 1 is 1.00 bits per heavy atom. The standard InChI is InChI=1S/C18H14N2O2/c1-22-17-10-13(21)6-7-14(17)18-19-15-8-11-4-2-3-5-12(11)9-16(15)20-18/h2-10,21H,1H3,(H,19,20). The lowest BCUT2D eigenvalue weighted by Gasteiger charge is -2.06. The van der Waals surface area contributed by atoms with Gasteiger partial charge in [-0.2, -0.15) is 0 Å². The fourth-order valence-electron chi connectivity index (χ4n) is 2.70. The Bertz CT molecular complexity index is 936. The van der Waals surface area contributed by atoms with E-state index in [1.807, 2.05) is 12.1 Å². The Labute approximate surface area is 127 Å². The van der Waals surface area contributed by atoms with E-state index in [1.165, 1.54) is 5.39 Å². The molecule has 0 atom stereocenters. The number of fused-ring (bicyclic) bond motifs is 2. The molecule has 4 heteroatoms. The topological polar surface area (TPSA) is 58.1 Å². The number of hydrogen-bond donors (Lipinski definition) is 2. The predicted octanol–water partition coefficient (Wildman–Crippen LogP) is 4.10. The van der Waals surface area contributed by atoms with Gasteiger partial charge in [0.05, 0.1) is 23.7 Å². The second-order valence-corrected chi connectivity index (χ2v) is 5.19. The average molecular weight is 290 g/mol. The third kappa shape index (κ3) is 1.97. The zero-order valence-electron chi connectivity index (χ0n) is 12.0. The molecule has 0 unspecified atom stereocenters. The molecular formula is C18H14N2O2. The van der Waals surface area contributed by atoms with Crippen LogP contribution >= 0.6 is 0 Å². The lowest BCUT2D eigenvalue weighted by Crippen LogP contribution is -1.88. The fourth-order valence-corrected chi connectivity index (χ4v) is 2.70. The van der Waals surface area contributed by atoms with Crippen molar-refractivity contribution in [3.63, 3.8) is 0 Å². The van der Waals surface area contributed by atoms with E-state index in [2.05, 4.69) is 34.2 Å². The van der Waals surface area contributed by atoms with E-state index in [4.69, 9.17) is 4.74 Å². The number of ether oxygens (including phenoxy) is 1. The van der Waals surface area contributed by atoms with Gasteiger partial charge in [0.25, 0.3) is 0 Å². The van der Waals surface area contributed by atoms with Gasteiger partial charge in [0.2, 0.25) is 0 Å². The summed E-state index contributed by atoms with van der Waals surface area (Å²) in [6.45, 7) is 0. The highest BCUT2D eigenvalue weighted by Gasteiger charge is 2.12. The Balaban J connectivity index is 1.94. The van der Waals surface area contributed by atoms with Gasteiger partial charge in [0.15, 0.2) is 0 Å². The highest BCUT2D eigenvalue weighted by atomic mass is 16.5. The van der Waals surface area contributed by atoms with Crippen LogP contribution in [0.4, 0.5) is 0 Å². The number of phenolic OH excluding ortho intramolecular Hbond substituents is 1. The van der Waals surface area contributed by atoms with Crippen molar-refractivity contribution in [2.24, 2.45) is 0 Å². The Morgan fingerprint density at radius 3 is 2.55 bits per heavy atom. The smallest absolute Gasteiger partial charge is 0.142 e. The van der Waals surface area contributed by atoms with Crippen molar-refractivity contribution in [3.8, 4) is 22.9 Å². The molecule has 0 aliphatic rings. The molecule has 0 amide bonds. The van der Waals surface area contributed by atoms with Gasteiger partial charge in [-0.05, 0) is 35.0 Å². The molecule has 4 rings (SSSR count). The van der Waals surface area contributed by atoms with Crippen LogP contribution in [0.5, 0.6) is 11.5 Å². The minimum atomic E-state index is 0.169. The summed E-state index contributed by atoms with van der Waals surface area (Å²) < 4.78 is 5.33. The van der Waals surface area contributed by atoms with E-state index in [1.54, 1.807) is 25.3 Å². The fraction of sp³-hybridized carbons (Fsp3) is 0.0556. The SMILES string of the molecule is COc1cc(O)ccc1-c1nc2cc3ccccc3cc2[nH]1. The number of nitrogens with one attached hydrogen (secondary N) is 1. The first-order valence-corrected chi connectivity index (χ1v) is 7.00.